The van der Waals surface area contributed by atoms with E-state index in [0.29, 0.717) is 18.7 Å². The van der Waals surface area contributed by atoms with Crippen molar-refractivity contribution in [1.82, 2.24) is 5.32 Å². The number of likely N-dealkylation sites (N-methyl/N-ethyl adjacent to an activating group) is 1. The van der Waals surface area contributed by atoms with Gasteiger partial charge in [0.15, 0.2) is 5.78 Å². The molecule has 5 heteroatoms. The summed E-state index contributed by atoms with van der Waals surface area (Å²) in [5.74, 6) is 0.822. The SMILES string of the molecule is CNCC(=O)c1ccc(OCC2(C)COC2)c(Br)c1. The molecule has 104 valence electrons. The number of carbonyl (C=O) groups excluding carboxylic acids is 1. The molecule has 1 fully saturated rings. The second kappa shape index (κ2) is 6.03. The van der Waals surface area contributed by atoms with Crippen LogP contribution in [0.5, 0.6) is 5.75 Å². The summed E-state index contributed by atoms with van der Waals surface area (Å²) in [7, 11) is 1.76. The summed E-state index contributed by atoms with van der Waals surface area (Å²) in [5, 5.41) is 2.85. The zero-order valence-electron chi connectivity index (χ0n) is 11.2. The van der Waals surface area contributed by atoms with E-state index in [2.05, 4.69) is 28.2 Å². The molecule has 1 aliphatic heterocycles. The Morgan fingerprint density at radius 3 is 2.79 bits per heavy atom. The van der Waals surface area contributed by atoms with Crippen LogP contribution in [0.4, 0.5) is 0 Å². The first-order chi connectivity index (χ1) is 9.04. The van der Waals surface area contributed by atoms with Gasteiger partial charge in [0.25, 0.3) is 0 Å². The molecule has 0 spiro atoms. The van der Waals surface area contributed by atoms with Gasteiger partial charge in [-0.1, -0.05) is 6.92 Å². The predicted octanol–water partition coefficient (Wildman–Crippen LogP) is 2.27. The highest BCUT2D eigenvalue weighted by Gasteiger charge is 2.34. The Labute approximate surface area is 121 Å². The van der Waals surface area contributed by atoms with Crippen LogP contribution in [-0.4, -0.2) is 39.2 Å². The molecule has 2 rings (SSSR count). The number of hydrogen-bond donors (Lipinski definition) is 1. The zero-order valence-corrected chi connectivity index (χ0v) is 12.7. The first kappa shape index (κ1) is 14.5. The van der Waals surface area contributed by atoms with Crippen LogP contribution >= 0.6 is 15.9 Å². The minimum absolute atomic E-state index is 0.0640. The number of benzene rings is 1. The lowest BCUT2D eigenvalue weighted by Gasteiger charge is -2.37. The average molecular weight is 328 g/mol. The Hall–Kier alpha value is -0.910. The van der Waals surface area contributed by atoms with E-state index in [0.717, 1.165) is 23.4 Å². The van der Waals surface area contributed by atoms with Crippen LogP contribution in [0.1, 0.15) is 17.3 Å². The number of ketones is 1. The lowest BCUT2D eigenvalue weighted by Crippen LogP contribution is -2.44. The summed E-state index contributed by atoms with van der Waals surface area (Å²) in [6.07, 6.45) is 0. The molecule has 1 aromatic rings. The summed E-state index contributed by atoms with van der Waals surface area (Å²) >= 11 is 3.45. The molecule has 19 heavy (non-hydrogen) atoms. The predicted molar refractivity (Wildman–Crippen MR) is 76.8 cm³/mol. The van der Waals surface area contributed by atoms with Crippen LogP contribution < -0.4 is 10.1 Å². The van der Waals surface area contributed by atoms with Crippen LogP contribution in [0.25, 0.3) is 0 Å². The second-order valence-electron chi connectivity index (χ2n) is 5.19. The monoisotopic (exact) mass is 327 g/mol. The van der Waals surface area contributed by atoms with Crippen molar-refractivity contribution >= 4 is 21.7 Å². The van der Waals surface area contributed by atoms with E-state index in [4.69, 9.17) is 9.47 Å². The summed E-state index contributed by atoms with van der Waals surface area (Å²) in [4.78, 5) is 11.7. The van der Waals surface area contributed by atoms with Gasteiger partial charge in [0.2, 0.25) is 0 Å². The van der Waals surface area contributed by atoms with E-state index in [-0.39, 0.29) is 11.2 Å². The van der Waals surface area contributed by atoms with E-state index in [1.807, 2.05) is 6.07 Å². The number of nitrogens with one attached hydrogen (secondary N) is 1. The van der Waals surface area contributed by atoms with E-state index in [9.17, 15) is 4.79 Å². The van der Waals surface area contributed by atoms with Gasteiger partial charge in [-0.3, -0.25) is 4.79 Å². The van der Waals surface area contributed by atoms with Crippen LogP contribution in [0, 0.1) is 5.41 Å². The van der Waals surface area contributed by atoms with Crippen LogP contribution in [0.3, 0.4) is 0 Å². The fourth-order valence-electron chi connectivity index (χ4n) is 1.84. The standard InChI is InChI=1S/C14H18BrNO3/c1-14(7-18-8-14)9-19-13-4-3-10(5-11(13)15)12(17)6-16-2/h3-5,16H,6-9H2,1-2H3. The van der Waals surface area contributed by atoms with Gasteiger partial charge in [0.05, 0.1) is 30.8 Å². The Morgan fingerprint density at radius 1 is 1.53 bits per heavy atom. The Bertz CT molecular complexity index is 472. The third-order valence-corrected chi connectivity index (χ3v) is 3.69. The summed E-state index contributed by atoms with van der Waals surface area (Å²) < 4.78 is 11.8. The van der Waals surface area contributed by atoms with Gasteiger partial charge >= 0.3 is 0 Å². The lowest BCUT2D eigenvalue weighted by atomic mass is 9.90. The molecule has 0 aliphatic carbocycles. The largest absolute Gasteiger partial charge is 0.492 e. The molecule has 1 aromatic carbocycles. The first-order valence-electron chi connectivity index (χ1n) is 6.22. The molecule has 1 aliphatic rings. The normalized spacial score (nSPS) is 16.8. The van der Waals surface area contributed by atoms with Crippen LogP contribution in [-0.2, 0) is 4.74 Å². The van der Waals surface area contributed by atoms with E-state index < -0.39 is 0 Å². The number of halogens is 1. The van der Waals surface area contributed by atoms with Crippen molar-refractivity contribution in [2.24, 2.45) is 5.41 Å². The lowest BCUT2D eigenvalue weighted by molar-refractivity contribution is -0.120. The van der Waals surface area contributed by atoms with Crippen molar-refractivity contribution in [3.63, 3.8) is 0 Å². The molecule has 1 saturated heterocycles. The molecule has 4 nitrogen and oxygen atoms in total. The van der Waals surface area contributed by atoms with Crippen molar-refractivity contribution in [2.75, 3.05) is 33.4 Å². The molecule has 0 saturated carbocycles. The van der Waals surface area contributed by atoms with Crippen molar-refractivity contribution in [1.29, 1.82) is 0 Å². The topological polar surface area (TPSA) is 47.6 Å². The number of Topliss-reactive ketones (excluding diaryl/α,β-unsaturated/α-hetero) is 1. The molecule has 0 radical (unpaired) electrons. The van der Waals surface area contributed by atoms with Crippen LogP contribution in [0.2, 0.25) is 0 Å². The highest BCUT2D eigenvalue weighted by atomic mass is 79.9. The summed E-state index contributed by atoms with van der Waals surface area (Å²) in [5.41, 5.74) is 0.784. The molecule has 1 heterocycles. The Kier molecular flexibility index (Phi) is 4.60. The fourth-order valence-corrected chi connectivity index (χ4v) is 2.33. The molecule has 0 bridgehead atoms. The number of carbonyl (C=O) groups is 1. The molecule has 0 unspecified atom stereocenters. The molecule has 0 aromatic heterocycles. The highest BCUT2D eigenvalue weighted by molar-refractivity contribution is 9.10. The number of rotatable bonds is 6. The number of hydrogen-bond acceptors (Lipinski definition) is 4. The molecule has 1 N–H and O–H groups in total. The highest BCUT2D eigenvalue weighted by Crippen LogP contribution is 2.31. The van der Waals surface area contributed by atoms with Crippen molar-refractivity contribution in [3.8, 4) is 5.75 Å². The van der Waals surface area contributed by atoms with Gasteiger partial charge in [0, 0.05) is 11.0 Å². The maximum absolute atomic E-state index is 11.7. The first-order valence-corrected chi connectivity index (χ1v) is 7.01. The van der Waals surface area contributed by atoms with Gasteiger partial charge < -0.3 is 14.8 Å². The van der Waals surface area contributed by atoms with Gasteiger partial charge in [-0.05, 0) is 41.2 Å². The van der Waals surface area contributed by atoms with E-state index in [1.165, 1.54) is 0 Å². The van der Waals surface area contributed by atoms with Gasteiger partial charge in [-0.15, -0.1) is 0 Å². The maximum Gasteiger partial charge on any atom is 0.176 e. The summed E-state index contributed by atoms with van der Waals surface area (Å²) in [6, 6.07) is 5.42. The molecular weight excluding hydrogens is 310 g/mol. The quantitative estimate of drug-likeness (QED) is 0.814. The third-order valence-electron chi connectivity index (χ3n) is 3.07. The van der Waals surface area contributed by atoms with E-state index in [1.54, 1.807) is 19.2 Å². The minimum Gasteiger partial charge on any atom is -0.492 e. The summed E-state index contributed by atoms with van der Waals surface area (Å²) in [6.45, 7) is 4.57. The maximum atomic E-state index is 11.7. The molecule has 0 atom stereocenters. The average Bonchev–Trinajstić information content (AvgIpc) is 2.35. The van der Waals surface area contributed by atoms with Crippen molar-refractivity contribution in [2.45, 2.75) is 6.92 Å². The van der Waals surface area contributed by atoms with Gasteiger partial charge in [-0.2, -0.15) is 0 Å². The van der Waals surface area contributed by atoms with Crippen molar-refractivity contribution in [3.05, 3.63) is 28.2 Å². The van der Waals surface area contributed by atoms with Crippen LogP contribution in [0.15, 0.2) is 22.7 Å². The zero-order chi connectivity index (χ0) is 13.9. The fraction of sp³-hybridized carbons (Fsp3) is 0.500. The number of ether oxygens (including phenoxy) is 2. The molecule has 0 amide bonds. The Balaban J connectivity index is 2.00. The minimum atomic E-state index is 0.0640. The van der Waals surface area contributed by atoms with Gasteiger partial charge in [0.1, 0.15) is 5.75 Å². The van der Waals surface area contributed by atoms with E-state index >= 15 is 0 Å². The van der Waals surface area contributed by atoms with Crippen molar-refractivity contribution < 1.29 is 14.3 Å². The van der Waals surface area contributed by atoms with Gasteiger partial charge in [-0.25, -0.2) is 0 Å². The second-order valence-corrected chi connectivity index (χ2v) is 6.05. The Morgan fingerprint density at radius 2 is 2.26 bits per heavy atom. The third kappa shape index (κ3) is 3.55. The smallest absolute Gasteiger partial charge is 0.176 e. The molecular formula is C14H18BrNO3.